The predicted molar refractivity (Wildman–Crippen MR) is 104 cm³/mol. The number of halogens is 1. The molecule has 2 amide bonds. The number of amides is 2. The van der Waals surface area contributed by atoms with Crippen LogP contribution in [0.5, 0.6) is 5.75 Å². The van der Waals surface area contributed by atoms with Gasteiger partial charge in [0.15, 0.2) is 5.11 Å². The van der Waals surface area contributed by atoms with Gasteiger partial charge in [0.25, 0.3) is 5.91 Å². The molecule has 6 nitrogen and oxygen atoms in total. The Labute approximate surface area is 161 Å². The molecule has 0 heterocycles. The Morgan fingerprint density at radius 1 is 1.08 bits per heavy atom. The summed E-state index contributed by atoms with van der Waals surface area (Å²) in [6.45, 7) is 2.27. The number of carbonyl (C=O) groups excluding carboxylic acids is 2. The fourth-order valence-corrected chi connectivity index (χ4v) is 2.37. The Bertz CT molecular complexity index is 797. The molecule has 0 fully saturated rings. The average Bonchev–Trinajstić information content (AvgIpc) is 2.62. The van der Waals surface area contributed by atoms with Crippen molar-refractivity contribution in [2.45, 2.75) is 13.3 Å². The van der Waals surface area contributed by atoms with Crippen molar-refractivity contribution in [3.8, 4) is 5.75 Å². The molecule has 0 aliphatic heterocycles. The van der Waals surface area contributed by atoms with Gasteiger partial charge in [-0.2, -0.15) is 0 Å². The molecule has 0 saturated carbocycles. The molecule has 26 heavy (non-hydrogen) atoms. The smallest absolute Gasteiger partial charge is 0.261 e. The molecule has 0 aliphatic carbocycles. The van der Waals surface area contributed by atoms with E-state index in [1.807, 2.05) is 6.92 Å². The molecule has 0 spiro atoms. The van der Waals surface area contributed by atoms with E-state index in [-0.39, 0.29) is 17.4 Å². The SMILES string of the molecule is CCOc1ccccc1C(=O)NC(=S)NNC(=O)Cc1ccc(Cl)cc1. The van der Waals surface area contributed by atoms with E-state index in [1.54, 1.807) is 48.5 Å². The highest BCUT2D eigenvalue weighted by molar-refractivity contribution is 7.80. The van der Waals surface area contributed by atoms with Crippen LogP contribution < -0.4 is 20.9 Å². The standard InChI is InChI=1S/C18H18ClN3O3S/c1-2-25-15-6-4-3-5-14(15)17(24)20-18(26)22-21-16(23)11-12-7-9-13(19)10-8-12/h3-10H,2,11H2,1H3,(H,21,23)(H2,20,22,24,26). The van der Waals surface area contributed by atoms with Gasteiger partial charge in [-0.3, -0.25) is 25.8 Å². The number of rotatable bonds is 5. The lowest BCUT2D eigenvalue weighted by Gasteiger charge is -2.13. The van der Waals surface area contributed by atoms with E-state index in [2.05, 4.69) is 16.2 Å². The Morgan fingerprint density at radius 2 is 1.77 bits per heavy atom. The van der Waals surface area contributed by atoms with Gasteiger partial charge in [0.2, 0.25) is 5.91 Å². The molecule has 0 bridgehead atoms. The minimum Gasteiger partial charge on any atom is -0.493 e. The van der Waals surface area contributed by atoms with Crippen LogP contribution in [0.3, 0.4) is 0 Å². The molecule has 2 rings (SSSR count). The number of benzene rings is 2. The third kappa shape index (κ3) is 6.02. The maximum absolute atomic E-state index is 12.3. The van der Waals surface area contributed by atoms with Crippen LogP contribution in [0.2, 0.25) is 5.02 Å². The molecule has 2 aromatic carbocycles. The zero-order valence-corrected chi connectivity index (χ0v) is 15.6. The van der Waals surface area contributed by atoms with Crippen molar-refractivity contribution >= 4 is 40.7 Å². The number of nitrogens with one attached hydrogen (secondary N) is 3. The van der Waals surface area contributed by atoms with Crippen molar-refractivity contribution < 1.29 is 14.3 Å². The predicted octanol–water partition coefficient (Wildman–Crippen LogP) is 2.62. The van der Waals surface area contributed by atoms with E-state index in [9.17, 15) is 9.59 Å². The molecule has 2 aromatic rings. The number of hydrazine groups is 1. The van der Waals surface area contributed by atoms with Crippen LogP contribution in [0.4, 0.5) is 0 Å². The normalized spacial score (nSPS) is 9.92. The highest BCUT2D eigenvalue weighted by Crippen LogP contribution is 2.17. The highest BCUT2D eigenvalue weighted by Gasteiger charge is 2.13. The van der Waals surface area contributed by atoms with E-state index < -0.39 is 5.91 Å². The second kappa shape index (κ2) is 9.74. The summed E-state index contributed by atoms with van der Waals surface area (Å²) in [6.07, 6.45) is 0.147. The summed E-state index contributed by atoms with van der Waals surface area (Å²) in [6, 6.07) is 13.7. The second-order valence-electron chi connectivity index (χ2n) is 5.19. The maximum Gasteiger partial charge on any atom is 0.261 e. The number of para-hydroxylation sites is 1. The van der Waals surface area contributed by atoms with Gasteiger partial charge < -0.3 is 4.74 Å². The molecule has 3 N–H and O–H groups in total. The van der Waals surface area contributed by atoms with Crippen molar-refractivity contribution in [3.05, 3.63) is 64.7 Å². The topological polar surface area (TPSA) is 79.5 Å². The second-order valence-corrected chi connectivity index (χ2v) is 6.03. The average molecular weight is 392 g/mol. The summed E-state index contributed by atoms with van der Waals surface area (Å²) < 4.78 is 5.41. The molecule has 0 aromatic heterocycles. The van der Waals surface area contributed by atoms with Gasteiger partial charge in [-0.05, 0) is 49.0 Å². The summed E-state index contributed by atoms with van der Waals surface area (Å²) in [7, 11) is 0. The number of thiocarbonyl (C=S) groups is 1. The molecule has 0 aliphatic rings. The quantitative estimate of drug-likeness (QED) is 0.539. The fourth-order valence-electron chi connectivity index (χ4n) is 2.10. The number of hydrogen-bond acceptors (Lipinski definition) is 4. The van der Waals surface area contributed by atoms with E-state index in [0.717, 1.165) is 5.56 Å². The summed E-state index contributed by atoms with van der Waals surface area (Å²) in [5.41, 5.74) is 6.09. The number of hydrogen-bond donors (Lipinski definition) is 3. The van der Waals surface area contributed by atoms with Crippen molar-refractivity contribution in [2.24, 2.45) is 0 Å². The first-order chi connectivity index (χ1) is 12.5. The summed E-state index contributed by atoms with van der Waals surface area (Å²) in [4.78, 5) is 24.2. The van der Waals surface area contributed by atoms with Gasteiger partial charge in [-0.1, -0.05) is 35.9 Å². The third-order valence-electron chi connectivity index (χ3n) is 3.25. The maximum atomic E-state index is 12.3. The van der Waals surface area contributed by atoms with Crippen LogP contribution >= 0.6 is 23.8 Å². The lowest BCUT2D eigenvalue weighted by Crippen LogP contribution is -2.48. The van der Waals surface area contributed by atoms with Crippen LogP contribution in [-0.2, 0) is 11.2 Å². The lowest BCUT2D eigenvalue weighted by atomic mass is 10.1. The van der Waals surface area contributed by atoms with Gasteiger partial charge in [0, 0.05) is 5.02 Å². The Hall–Kier alpha value is -2.64. The Kier molecular flexibility index (Phi) is 7.37. The first-order valence-electron chi connectivity index (χ1n) is 7.86. The van der Waals surface area contributed by atoms with Gasteiger partial charge >= 0.3 is 0 Å². The molecular formula is C18H18ClN3O3S. The van der Waals surface area contributed by atoms with Crippen molar-refractivity contribution in [3.63, 3.8) is 0 Å². The zero-order chi connectivity index (χ0) is 18.9. The van der Waals surface area contributed by atoms with Gasteiger partial charge in [-0.25, -0.2) is 0 Å². The minimum absolute atomic E-state index is 0.0224. The minimum atomic E-state index is -0.432. The van der Waals surface area contributed by atoms with Crippen LogP contribution in [-0.4, -0.2) is 23.5 Å². The van der Waals surface area contributed by atoms with Gasteiger partial charge in [-0.15, -0.1) is 0 Å². The van der Waals surface area contributed by atoms with Gasteiger partial charge in [0.05, 0.1) is 18.6 Å². The number of carbonyl (C=O) groups is 2. The van der Waals surface area contributed by atoms with E-state index in [0.29, 0.717) is 22.9 Å². The molecule has 0 atom stereocenters. The number of ether oxygens (including phenoxy) is 1. The summed E-state index contributed by atoms with van der Waals surface area (Å²) >= 11 is 10.8. The molecule has 8 heteroatoms. The Balaban J connectivity index is 1.83. The molecule has 136 valence electrons. The van der Waals surface area contributed by atoms with Crippen LogP contribution in [0.1, 0.15) is 22.8 Å². The summed E-state index contributed by atoms with van der Waals surface area (Å²) in [5.74, 6) is -0.279. The van der Waals surface area contributed by atoms with Crippen LogP contribution in [0.15, 0.2) is 48.5 Å². The van der Waals surface area contributed by atoms with E-state index in [1.165, 1.54) is 0 Å². The van der Waals surface area contributed by atoms with Gasteiger partial charge in [0.1, 0.15) is 5.75 Å². The van der Waals surface area contributed by atoms with Crippen molar-refractivity contribution in [1.29, 1.82) is 0 Å². The molecule has 0 unspecified atom stereocenters. The van der Waals surface area contributed by atoms with Crippen LogP contribution in [0.25, 0.3) is 0 Å². The molecular weight excluding hydrogens is 374 g/mol. The first kappa shape index (κ1) is 19.7. The third-order valence-corrected chi connectivity index (χ3v) is 3.71. The van der Waals surface area contributed by atoms with Crippen molar-refractivity contribution in [2.75, 3.05) is 6.61 Å². The fraction of sp³-hybridized carbons (Fsp3) is 0.167. The summed E-state index contributed by atoms with van der Waals surface area (Å²) in [5, 5.41) is 3.07. The van der Waals surface area contributed by atoms with E-state index in [4.69, 9.17) is 28.6 Å². The first-order valence-corrected chi connectivity index (χ1v) is 8.64. The zero-order valence-electron chi connectivity index (χ0n) is 14.0. The highest BCUT2D eigenvalue weighted by atomic mass is 35.5. The Morgan fingerprint density at radius 3 is 2.46 bits per heavy atom. The van der Waals surface area contributed by atoms with Crippen molar-refractivity contribution in [1.82, 2.24) is 16.2 Å². The molecule has 0 saturated heterocycles. The molecule has 0 radical (unpaired) electrons. The van der Waals surface area contributed by atoms with Crippen LogP contribution in [0, 0.1) is 0 Å². The monoisotopic (exact) mass is 391 g/mol. The largest absolute Gasteiger partial charge is 0.493 e. The lowest BCUT2D eigenvalue weighted by molar-refractivity contribution is -0.121. The van der Waals surface area contributed by atoms with E-state index >= 15 is 0 Å².